The Morgan fingerprint density at radius 2 is 1.88 bits per heavy atom. The number of aromatic nitrogens is 1. The maximum Gasteiger partial charge on any atom is 0.256 e. The van der Waals surface area contributed by atoms with Crippen LogP contribution in [0.4, 0.5) is 0 Å². The number of hydrogen-bond donors (Lipinski definition) is 2. The number of para-hydroxylation sites is 1. The zero-order chi connectivity index (χ0) is 17.6. The number of nitrogens with one attached hydrogen (secondary N) is 2. The smallest absolute Gasteiger partial charge is 0.256 e. The van der Waals surface area contributed by atoms with E-state index in [2.05, 4.69) is 27.0 Å². The van der Waals surface area contributed by atoms with E-state index in [9.17, 15) is 10.1 Å². The van der Waals surface area contributed by atoms with Crippen LogP contribution >= 0.6 is 15.9 Å². The zero-order valence-electron chi connectivity index (χ0n) is 12.9. The third kappa shape index (κ3) is 2.44. The first-order chi connectivity index (χ1) is 12.1. The van der Waals surface area contributed by atoms with Crippen LogP contribution in [0.5, 0.6) is 5.75 Å². The molecular weight excluding hydrogens is 382 g/mol. The van der Waals surface area contributed by atoms with Gasteiger partial charge in [-0.3, -0.25) is 10.2 Å². The monoisotopic (exact) mass is 393 g/mol. The van der Waals surface area contributed by atoms with Crippen molar-refractivity contribution in [3.63, 3.8) is 0 Å². The molecule has 0 amide bonds. The van der Waals surface area contributed by atoms with E-state index in [0.717, 1.165) is 15.4 Å². The molecule has 2 atom stereocenters. The molecule has 0 aliphatic carbocycles. The number of H-pyrrole nitrogens is 1. The van der Waals surface area contributed by atoms with E-state index in [1.165, 1.54) is 0 Å². The number of fused-ring (bicyclic) bond motifs is 3. The first kappa shape index (κ1) is 15.6. The fraction of sp³-hybridized carbons (Fsp3) is 0.105. The van der Waals surface area contributed by atoms with E-state index in [-0.39, 0.29) is 11.5 Å². The summed E-state index contributed by atoms with van der Waals surface area (Å²) >= 11 is 3.39. The normalized spacial score (nSPS) is 19.1. The van der Waals surface area contributed by atoms with Gasteiger partial charge in [0, 0.05) is 15.8 Å². The number of halogens is 1. The Labute approximate surface area is 151 Å². The van der Waals surface area contributed by atoms with E-state index in [1.54, 1.807) is 6.07 Å². The van der Waals surface area contributed by atoms with Crippen molar-refractivity contribution in [1.29, 1.82) is 10.7 Å². The van der Waals surface area contributed by atoms with Crippen LogP contribution in [0.15, 0.2) is 57.8 Å². The highest BCUT2D eigenvalue weighted by Crippen LogP contribution is 2.43. The fourth-order valence-corrected chi connectivity index (χ4v) is 3.54. The SMILES string of the molecule is N#CC1C(=N)Oc2c(c(=O)[nH]c3ccccc23)C1c1ccc(Br)cc1. The van der Waals surface area contributed by atoms with E-state index < -0.39 is 11.8 Å². The molecule has 1 aliphatic heterocycles. The molecule has 25 heavy (non-hydrogen) atoms. The van der Waals surface area contributed by atoms with Gasteiger partial charge in [-0.2, -0.15) is 5.26 Å². The first-order valence-corrected chi connectivity index (χ1v) is 8.45. The lowest BCUT2D eigenvalue weighted by atomic mass is 9.79. The second kappa shape index (κ2) is 5.87. The van der Waals surface area contributed by atoms with Gasteiger partial charge in [0.05, 0.1) is 17.1 Å². The molecule has 0 saturated heterocycles. The predicted octanol–water partition coefficient (Wildman–Crippen LogP) is 3.93. The van der Waals surface area contributed by atoms with Gasteiger partial charge >= 0.3 is 0 Å². The maximum atomic E-state index is 12.8. The highest BCUT2D eigenvalue weighted by atomic mass is 79.9. The van der Waals surface area contributed by atoms with Gasteiger partial charge in [0.2, 0.25) is 5.90 Å². The number of nitrogens with zero attached hydrogens (tertiary/aromatic N) is 1. The lowest BCUT2D eigenvalue weighted by molar-refractivity contribution is 0.452. The van der Waals surface area contributed by atoms with Crippen LogP contribution in [-0.4, -0.2) is 10.9 Å². The summed E-state index contributed by atoms with van der Waals surface area (Å²) in [6.45, 7) is 0. The zero-order valence-corrected chi connectivity index (χ0v) is 14.5. The highest BCUT2D eigenvalue weighted by molar-refractivity contribution is 9.10. The molecule has 2 aromatic carbocycles. The standard InChI is InChI=1S/C19H12BrN3O2/c20-11-7-5-10(6-8-11)15-13(9-21)18(22)25-17-12-3-1-2-4-14(12)23-19(24)16(15)17/h1-8,13,15,22H,(H,23,24). The summed E-state index contributed by atoms with van der Waals surface area (Å²) in [7, 11) is 0. The van der Waals surface area contributed by atoms with E-state index in [0.29, 0.717) is 16.8 Å². The lowest BCUT2D eigenvalue weighted by Gasteiger charge is -2.30. The van der Waals surface area contributed by atoms with Crippen LogP contribution in [0.25, 0.3) is 10.9 Å². The number of pyridine rings is 1. The second-order valence-corrected chi connectivity index (χ2v) is 6.76. The third-order valence-corrected chi connectivity index (χ3v) is 4.94. The van der Waals surface area contributed by atoms with Crippen LogP contribution in [-0.2, 0) is 0 Å². The van der Waals surface area contributed by atoms with Crippen molar-refractivity contribution in [3.8, 4) is 11.8 Å². The van der Waals surface area contributed by atoms with Gasteiger partial charge in [0.1, 0.15) is 11.7 Å². The Bertz CT molecular complexity index is 1100. The molecule has 6 heteroatoms. The van der Waals surface area contributed by atoms with Gasteiger partial charge in [-0.15, -0.1) is 0 Å². The van der Waals surface area contributed by atoms with Crippen molar-refractivity contribution in [2.24, 2.45) is 5.92 Å². The Balaban J connectivity index is 2.06. The summed E-state index contributed by atoms with van der Waals surface area (Å²) in [5.74, 6) is -1.18. The number of aromatic amines is 1. The molecule has 2 N–H and O–H groups in total. The number of ether oxygens (including phenoxy) is 1. The maximum absolute atomic E-state index is 12.8. The average Bonchev–Trinajstić information content (AvgIpc) is 2.61. The predicted molar refractivity (Wildman–Crippen MR) is 98.0 cm³/mol. The van der Waals surface area contributed by atoms with Gasteiger partial charge in [-0.05, 0) is 29.8 Å². The minimum Gasteiger partial charge on any atom is -0.441 e. The van der Waals surface area contributed by atoms with Crippen LogP contribution < -0.4 is 10.3 Å². The number of rotatable bonds is 1. The molecule has 4 rings (SSSR count). The molecule has 122 valence electrons. The molecule has 2 heterocycles. The van der Waals surface area contributed by atoms with E-state index in [1.807, 2.05) is 42.5 Å². The van der Waals surface area contributed by atoms with E-state index >= 15 is 0 Å². The van der Waals surface area contributed by atoms with E-state index in [4.69, 9.17) is 10.1 Å². The van der Waals surface area contributed by atoms with Crippen LogP contribution in [0.1, 0.15) is 17.0 Å². The summed E-state index contributed by atoms with van der Waals surface area (Å²) in [5, 5.41) is 18.5. The van der Waals surface area contributed by atoms with Crippen molar-refractivity contribution >= 4 is 32.7 Å². The molecule has 0 fully saturated rings. The van der Waals surface area contributed by atoms with Crippen molar-refractivity contribution < 1.29 is 4.74 Å². The molecule has 2 unspecified atom stereocenters. The molecule has 1 aromatic heterocycles. The second-order valence-electron chi connectivity index (χ2n) is 5.84. The van der Waals surface area contributed by atoms with Gasteiger partial charge in [0.25, 0.3) is 5.56 Å². The summed E-state index contributed by atoms with van der Waals surface area (Å²) in [4.78, 5) is 15.6. The number of hydrogen-bond acceptors (Lipinski definition) is 4. The summed E-state index contributed by atoms with van der Waals surface area (Å²) in [6, 6.07) is 16.8. The highest BCUT2D eigenvalue weighted by Gasteiger charge is 2.39. The molecule has 0 saturated carbocycles. The molecule has 3 aromatic rings. The lowest BCUT2D eigenvalue weighted by Crippen LogP contribution is -2.35. The fourth-order valence-electron chi connectivity index (χ4n) is 3.27. The Morgan fingerprint density at radius 3 is 2.60 bits per heavy atom. The van der Waals surface area contributed by atoms with Gasteiger partial charge in [-0.1, -0.05) is 40.2 Å². The molecule has 0 spiro atoms. The Morgan fingerprint density at radius 1 is 1.16 bits per heavy atom. The molecule has 0 bridgehead atoms. The minimum atomic E-state index is -0.851. The van der Waals surface area contributed by atoms with Crippen LogP contribution in [0.2, 0.25) is 0 Å². The summed E-state index contributed by atoms with van der Waals surface area (Å²) in [6.07, 6.45) is 0. The molecule has 0 radical (unpaired) electrons. The first-order valence-electron chi connectivity index (χ1n) is 7.66. The van der Waals surface area contributed by atoms with Gasteiger partial charge in [-0.25, -0.2) is 0 Å². The van der Waals surface area contributed by atoms with Crippen LogP contribution in [0, 0.1) is 22.7 Å². The van der Waals surface area contributed by atoms with Gasteiger partial charge in [0.15, 0.2) is 0 Å². The molecule has 5 nitrogen and oxygen atoms in total. The quantitative estimate of drug-likeness (QED) is 0.655. The number of nitriles is 1. The van der Waals surface area contributed by atoms with Crippen molar-refractivity contribution in [2.75, 3.05) is 0 Å². The minimum absolute atomic E-state index is 0.140. The van der Waals surface area contributed by atoms with Crippen molar-refractivity contribution in [1.82, 2.24) is 4.98 Å². The molecular formula is C19H12BrN3O2. The summed E-state index contributed by atoms with van der Waals surface area (Å²) in [5.41, 5.74) is 1.53. The Kier molecular flexibility index (Phi) is 3.66. The largest absolute Gasteiger partial charge is 0.441 e. The van der Waals surface area contributed by atoms with Crippen molar-refractivity contribution in [3.05, 3.63) is 74.5 Å². The van der Waals surface area contributed by atoms with Gasteiger partial charge < -0.3 is 9.72 Å². The topological polar surface area (TPSA) is 89.7 Å². The Hall–Kier alpha value is -2.91. The third-order valence-electron chi connectivity index (χ3n) is 4.42. The molecule has 1 aliphatic rings. The number of benzene rings is 2. The summed E-state index contributed by atoms with van der Waals surface area (Å²) < 4.78 is 6.54. The van der Waals surface area contributed by atoms with Crippen LogP contribution in [0.3, 0.4) is 0 Å². The average molecular weight is 394 g/mol. The van der Waals surface area contributed by atoms with Crippen molar-refractivity contribution in [2.45, 2.75) is 5.92 Å².